The summed E-state index contributed by atoms with van der Waals surface area (Å²) in [6, 6.07) is 10.2. The third-order valence-corrected chi connectivity index (χ3v) is 5.99. The second-order valence-corrected chi connectivity index (χ2v) is 7.57. The van der Waals surface area contributed by atoms with Crippen molar-refractivity contribution in [2.75, 3.05) is 26.3 Å². The van der Waals surface area contributed by atoms with E-state index >= 15 is 0 Å². The number of piperidine rings is 1. The Morgan fingerprint density at radius 2 is 1.96 bits per heavy atom. The molecule has 0 radical (unpaired) electrons. The summed E-state index contributed by atoms with van der Waals surface area (Å²) in [6.45, 7) is 2.57. The minimum atomic E-state index is -0.464. The molecule has 2 saturated heterocycles. The van der Waals surface area contributed by atoms with Crippen LogP contribution >= 0.6 is 11.3 Å². The van der Waals surface area contributed by atoms with Gasteiger partial charge in [0.1, 0.15) is 10.7 Å². The van der Waals surface area contributed by atoms with Gasteiger partial charge in [0.15, 0.2) is 5.79 Å². The van der Waals surface area contributed by atoms with Crippen LogP contribution in [0.2, 0.25) is 0 Å². The zero-order chi connectivity index (χ0) is 17.6. The number of para-hydroxylation sites is 1. The summed E-state index contributed by atoms with van der Waals surface area (Å²) in [5, 5.41) is 3.82. The highest BCUT2D eigenvalue weighted by Crippen LogP contribution is 2.32. The van der Waals surface area contributed by atoms with Crippen LogP contribution in [-0.4, -0.2) is 52.9 Å². The average molecular weight is 369 g/mol. The predicted molar refractivity (Wildman–Crippen MR) is 99.2 cm³/mol. The monoisotopic (exact) mass is 369 g/mol. The number of H-pyrrole nitrogens is 1. The van der Waals surface area contributed by atoms with Crippen LogP contribution in [-0.2, 0) is 9.47 Å². The number of amides is 1. The Labute approximate surface area is 154 Å². The highest BCUT2D eigenvalue weighted by molar-refractivity contribution is 7.13. The van der Waals surface area contributed by atoms with Crippen LogP contribution in [0.5, 0.6) is 0 Å². The molecule has 7 heteroatoms. The lowest BCUT2D eigenvalue weighted by Gasteiger charge is -2.37. The Morgan fingerprint density at radius 3 is 2.73 bits per heavy atom. The molecule has 1 amide bonds. The molecule has 5 rings (SSSR count). The fraction of sp³-hybridized carbons (Fsp3) is 0.368. The zero-order valence-electron chi connectivity index (χ0n) is 14.2. The van der Waals surface area contributed by atoms with Crippen LogP contribution in [0.15, 0.2) is 35.7 Å². The van der Waals surface area contributed by atoms with E-state index in [9.17, 15) is 4.79 Å². The molecular weight excluding hydrogens is 350 g/mol. The van der Waals surface area contributed by atoms with E-state index in [1.807, 2.05) is 28.5 Å². The first kappa shape index (κ1) is 16.0. The van der Waals surface area contributed by atoms with Crippen LogP contribution in [0, 0.1) is 0 Å². The fourth-order valence-corrected chi connectivity index (χ4v) is 4.45. The van der Waals surface area contributed by atoms with Gasteiger partial charge in [0.2, 0.25) is 0 Å². The first-order valence-electron chi connectivity index (χ1n) is 8.83. The number of ether oxygens (including phenoxy) is 2. The molecule has 0 bridgehead atoms. The number of aromatic nitrogens is 2. The minimum absolute atomic E-state index is 0.0172. The number of hydrogen-bond donors (Lipinski definition) is 1. The molecule has 1 N–H and O–H groups in total. The Bertz CT molecular complexity index is 915. The van der Waals surface area contributed by atoms with Crippen LogP contribution in [0.4, 0.5) is 0 Å². The van der Waals surface area contributed by atoms with Crippen molar-refractivity contribution in [3.8, 4) is 10.7 Å². The molecule has 26 heavy (non-hydrogen) atoms. The van der Waals surface area contributed by atoms with Crippen molar-refractivity contribution in [1.29, 1.82) is 0 Å². The average Bonchev–Trinajstić information content (AvgIpc) is 3.41. The molecule has 6 nitrogen and oxygen atoms in total. The van der Waals surface area contributed by atoms with E-state index in [-0.39, 0.29) is 5.91 Å². The number of hydrogen-bond acceptors (Lipinski definition) is 5. The lowest BCUT2D eigenvalue weighted by atomic mass is 10.0. The van der Waals surface area contributed by atoms with Crippen LogP contribution in [0.1, 0.15) is 23.3 Å². The number of likely N-dealkylation sites (tertiary alicyclic amines) is 1. The first-order chi connectivity index (χ1) is 12.7. The summed E-state index contributed by atoms with van der Waals surface area (Å²) in [5.41, 5.74) is 2.52. The van der Waals surface area contributed by atoms with Gasteiger partial charge in [0.05, 0.1) is 18.9 Å². The molecule has 3 aromatic rings. The summed E-state index contributed by atoms with van der Waals surface area (Å²) in [6.07, 6.45) is 1.44. The summed E-state index contributed by atoms with van der Waals surface area (Å²) in [4.78, 5) is 22.6. The number of thiazole rings is 1. The van der Waals surface area contributed by atoms with Gasteiger partial charge >= 0.3 is 0 Å². The van der Waals surface area contributed by atoms with Crippen LogP contribution < -0.4 is 0 Å². The van der Waals surface area contributed by atoms with Gasteiger partial charge in [0, 0.05) is 42.2 Å². The zero-order valence-corrected chi connectivity index (χ0v) is 15.1. The van der Waals surface area contributed by atoms with Crippen molar-refractivity contribution >= 4 is 28.1 Å². The van der Waals surface area contributed by atoms with Crippen molar-refractivity contribution in [1.82, 2.24) is 14.9 Å². The maximum atomic E-state index is 12.8. The van der Waals surface area contributed by atoms with Gasteiger partial charge in [-0.05, 0) is 12.1 Å². The van der Waals surface area contributed by atoms with E-state index in [2.05, 4.69) is 22.1 Å². The molecule has 4 heterocycles. The van der Waals surface area contributed by atoms with E-state index in [1.54, 1.807) is 0 Å². The maximum Gasteiger partial charge on any atom is 0.273 e. The van der Waals surface area contributed by atoms with Crippen LogP contribution in [0.25, 0.3) is 21.6 Å². The van der Waals surface area contributed by atoms with E-state index in [1.165, 1.54) is 11.3 Å². The maximum absolute atomic E-state index is 12.8. The molecule has 2 aliphatic rings. The van der Waals surface area contributed by atoms with Gasteiger partial charge in [-0.2, -0.15) is 0 Å². The number of nitrogens with zero attached hydrogens (tertiary/aromatic N) is 2. The summed E-state index contributed by atoms with van der Waals surface area (Å²) in [7, 11) is 0. The second kappa shape index (κ2) is 6.19. The van der Waals surface area contributed by atoms with E-state index in [0.717, 1.165) is 34.4 Å². The van der Waals surface area contributed by atoms with Crippen molar-refractivity contribution < 1.29 is 14.3 Å². The minimum Gasteiger partial charge on any atom is -0.353 e. The molecule has 2 aromatic heterocycles. The SMILES string of the molecule is O=C(c1csc(-c2cc3ccccc3[nH]2)n1)N1CCC2(CC1)OCCO2. The molecular formula is C19H19N3O3S. The number of aromatic amines is 1. The Kier molecular flexibility index (Phi) is 3.81. The van der Waals surface area contributed by atoms with Crippen molar-refractivity contribution in [2.24, 2.45) is 0 Å². The van der Waals surface area contributed by atoms with Crippen molar-refractivity contribution in [2.45, 2.75) is 18.6 Å². The highest BCUT2D eigenvalue weighted by Gasteiger charge is 2.41. The molecule has 0 atom stereocenters. The highest BCUT2D eigenvalue weighted by atomic mass is 32.1. The summed E-state index contributed by atoms with van der Waals surface area (Å²) in [5.74, 6) is -0.481. The predicted octanol–water partition coefficient (Wildman–Crippen LogP) is 3.27. The topological polar surface area (TPSA) is 67.5 Å². The van der Waals surface area contributed by atoms with E-state index in [4.69, 9.17) is 9.47 Å². The Hall–Kier alpha value is -2.22. The largest absolute Gasteiger partial charge is 0.353 e. The third-order valence-electron chi connectivity index (χ3n) is 5.11. The van der Waals surface area contributed by atoms with Crippen molar-refractivity contribution in [3.05, 3.63) is 41.4 Å². The lowest BCUT2D eigenvalue weighted by molar-refractivity contribution is -0.181. The number of nitrogens with one attached hydrogen (secondary N) is 1. The molecule has 2 fully saturated rings. The molecule has 0 aliphatic carbocycles. The molecule has 1 spiro atoms. The van der Waals surface area contributed by atoms with Gasteiger partial charge in [-0.25, -0.2) is 4.98 Å². The third kappa shape index (κ3) is 2.72. The summed E-state index contributed by atoms with van der Waals surface area (Å²) < 4.78 is 11.5. The molecule has 0 unspecified atom stereocenters. The fourth-order valence-electron chi connectivity index (χ4n) is 3.68. The number of carbonyl (C=O) groups is 1. The van der Waals surface area contributed by atoms with Gasteiger partial charge < -0.3 is 19.4 Å². The van der Waals surface area contributed by atoms with Crippen LogP contribution in [0.3, 0.4) is 0 Å². The lowest BCUT2D eigenvalue weighted by Crippen LogP contribution is -2.47. The molecule has 134 valence electrons. The summed E-state index contributed by atoms with van der Waals surface area (Å²) >= 11 is 1.49. The second-order valence-electron chi connectivity index (χ2n) is 6.71. The standard InChI is InChI=1S/C19H19N3O3S/c23-18(22-7-5-19(6-8-22)24-9-10-25-19)16-12-26-17(21-16)15-11-13-3-1-2-4-14(13)20-15/h1-4,11-12,20H,5-10H2. The quantitative estimate of drug-likeness (QED) is 0.753. The number of carbonyl (C=O) groups excluding carboxylic acids is 1. The molecule has 2 aliphatic heterocycles. The van der Waals surface area contributed by atoms with Gasteiger partial charge in [-0.3, -0.25) is 4.79 Å². The van der Waals surface area contributed by atoms with E-state index in [0.29, 0.717) is 32.0 Å². The first-order valence-corrected chi connectivity index (χ1v) is 9.71. The van der Waals surface area contributed by atoms with E-state index < -0.39 is 5.79 Å². The Morgan fingerprint density at radius 1 is 1.19 bits per heavy atom. The van der Waals surface area contributed by atoms with Gasteiger partial charge in [-0.15, -0.1) is 11.3 Å². The number of fused-ring (bicyclic) bond motifs is 1. The van der Waals surface area contributed by atoms with Gasteiger partial charge in [-0.1, -0.05) is 18.2 Å². The molecule has 0 saturated carbocycles. The van der Waals surface area contributed by atoms with Crippen molar-refractivity contribution in [3.63, 3.8) is 0 Å². The van der Waals surface area contributed by atoms with Gasteiger partial charge in [0.25, 0.3) is 5.91 Å². The smallest absolute Gasteiger partial charge is 0.273 e. The number of benzene rings is 1. The Balaban J connectivity index is 1.32. The normalized spacial score (nSPS) is 19.5. The molecule has 1 aromatic carbocycles. The number of rotatable bonds is 2.